The van der Waals surface area contributed by atoms with Crippen LogP contribution in [0.5, 0.6) is 5.75 Å². The van der Waals surface area contributed by atoms with E-state index in [1.165, 1.54) is 19.3 Å². The third kappa shape index (κ3) is 6.62. The summed E-state index contributed by atoms with van der Waals surface area (Å²) in [6, 6.07) is 14.4. The Bertz CT molecular complexity index is 953. The standard InChI is InChI=1S/C23H31N3O4S/c1-3-17-30-22-13-11-21(12-14-22)26(31(2,28)29)18-23(27)24-19-7-9-20(10-8-19)25-15-5-4-6-16-25/h7-14H,3-6,15-18H2,1-2H3,(H,24,27). The molecule has 1 N–H and O–H groups in total. The number of carbonyl (C=O) groups is 1. The van der Waals surface area contributed by atoms with Gasteiger partial charge in [-0.2, -0.15) is 0 Å². The highest BCUT2D eigenvalue weighted by Crippen LogP contribution is 2.23. The third-order valence-electron chi connectivity index (χ3n) is 5.16. The highest BCUT2D eigenvalue weighted by molar-refractivity contribution is 7.92. The van der Waals surface area contributed by atoms with Crippen LogP contribution in [0.4, 0.5) is 17.1 Å². The molecule has 168 valence electrons. The molecule has 1 saturated heterocycles. The van der Waals surface area contributed by atoms with E-state index in [1.54, 1.807) is 24.3 Å². The first-order chi connectivity index (χ1) is 14.9. The Morgan fingerprint density at radius 2 is 1.68 bits per heavy atom. The van der Waals surface area contributed by atoms with Gasteiger partial charge >= 0.3 is 0 Å². The molecule has 2 aromatic rings. The molecule has 0 radical (unpaired) electrons. The molecule has 1 aliphatic heterocycles. The number of sulfonamides is 1. The fourth-order valence-electron chi connectivity index (χ4n) is 3.57. The number of benzene rings is 2. The molecule has 2 aromatic carbocycles. The van der Waals surface area contributed by atoms with Crippen molar-refractivity contribution in [3.05, 3.63) is 48.5 Å². The second-order valence-corrected chi connectivity index (χ2v) is 9.66. The number of carbonyl (C=O) groups excluding carboxylic acids is 1. The van der Waals surface area contributed by atoms with E-state index in [0.717, 1.165) is 35.8 Å². The smallest absolute Gasteiger partial charge is 0.245 e. The average molecular weight is 446 g/mol. The molecule has 1 heterocycles. The monoisotopic (exact) mass is 445 g/mol. The molecule has 0 spiro atoms. The Labute approximate surface area is 185 Å². The van der Waals surface area contributed by atoms with Crippen LogP contribution in [0.15, 0.2) is 48.5 Å². The molecule has 0 bridgehead atoms. The van der Waals surface area contributed by atoms with Crippen LogP contribution in [0.2, 0.25) is 0 Å². The number of hydrogen-bond donors (Lipinski definition) is 1. The van der Waals surface area contributed by atoms with Crippen LogP contribution < -0.4 is 19.3 Å². The highest BCUT2D eigenvalue weighted by atomic mass is 32.2. The van der Waals surface area contributed by atoms with E-state index in [9.17, 15) is 13.2 Å². The quantitative estimate of drug-likeness (QED) is 0.634. The van der Waals surface area contributed by atoms with Crippen LogP contribution in [0.25, 0.3) is 0 Å². The van der Waals surface area contributed by atoms with Gasteiger partial charge in [-0.15, -0.1) is 0 Å². The summed E-state index contributed by atoms with van der Waals surface area (Å²) in [4.78, 5) is 14.9. The zero-order valence-corrected chi connectivity index (χ0v) is 19.0. The first-order valence-corrected chi connectivity index (χ1v) is 12.6. The topological polar surface area (TPSA) is 79.0 Å². The Morgan fingerprint density at radius 1 is 1.03 bits per heavy atom. The van der Waals surface area contributed by atoms with Crippen molar-refractivity contribution in [2.45, 2.75) is 32.6 Å². The SMILES string of the molecule is CCCOc1ccc(N(CC(=O)Nc2ccc(N3CCCCC3)cc2)S(C)(=O)=O)cc1. The van der Waals surface area contributed by atoms with Crippen molar-refractivity contribution in [2.75, 3.05) is 47.0 Å². The average Bonchev–Trinajstić information content (AvgIpc) is 2.77. The lowest BCUT2D eigenvalue weighted by atomic mass is 10.1. The van der Waals surface area contributed by atoms with Crippen LogP contribution in [0.1, 0.15) is 32.6 Å². The van der Waals surface area contributed by atoms with Gasteiger partial charge < -0.3 is 15.0 Å². The maximum Gasteiger partial charge on any atom is 0.245 e. The number of nitrogens with one attached hydrogen (secondary N) is 1. The molecule has 7 nitrogen and oxygen atoms in total. The van der Waals surface area contributed by atoms with Crippen molar-refractivity contribution in [1.29, 1.82) is 0 Å². The van der Waals surface area contributed by atoms with Gasteiger partial charge in [-0.3, -0.25) is 9.10 Å². The minimum absolute atomic E-state index is 0.304. The molecule has 0 aliphatic carbocycles. The molecule has 0 unspecified atom stereocenters. The van der Waals surface area contributed by atoms with Crippen molar-refractivity contribution < 1.29 is 17.9 Å². The summed E-state index contributed by atoms with van der Waals surface area (Å²) in [5.74, 6) is 0.264. The molecule has 31 heavy (non-hydrogen) atoms. The van der Waals surface area contributed by atoms with E-state index in [0.29, 0.717) is 23.7 Å². The van der Waals surface area contributed by atoms with Crippen molar-refractivity contribution in [3.63, 3.8) is 0 Å². The van der Waals surface area contributed by atoms with Crippen molar-refractivity contribution in [2.24, 2.45) is 0 Å². The summed E-state index contributed by atoms with van der Waals surface area (Å²) in [6.07, 6.45) is 5.65. The zero-order valence-electron chi connectivity index (χ0n) is 18.2. The summed E-state index contributed by atoms with van der Waals surface area (Å²) in [5.41, 5.74) is 2.20. The Morgan fingerprint density at radius 3 is 2.26 bits per heavy atom. The molecule has 1 amide bonds. The molecular weight excluding hydrogens is 414 g/mol. The second kappa shape index (κ2) is 10.5. The van der Waals surface area contributed by atoms with E-state index in [-0.39, 0.29) is 6.54 Å². The first kappa shape index (κ1) is 22.9. The lowest BCUT2D eigenvalue weighted by Gasteiger charge is -2.28. The maximum absolute atomic E-state index is 12.6. The Balaban J connectivity index is 1.64. The molecule has 3 rings (SSSR count). The molecule has 0 aromatic heterocycles. The highest BCUT2D eigenvalue weighted by Gasteiger charge is 2.21. The fourth-order valence-corrected chi connectivity index (χ4v) is 4.42. The molecule has 1 aliphatic rings. The van der Waals surface area contributed by atoms with Crippen molar-refractivity contribution in [1.82, 2.24) is 0 Å². The van der Waals surface area contributed by atoms with E-state index in [2.05, 4.69) is 10.2 Å². The van der Waals surface area contributed by atoms with Gasteiger partial charge in [0, 0.05) is 24.5 Å². The number of amides is 1. The summed E-state index contributed by atoms with van der Waals surface area (Å²) in [7, 11) is -3.63. The van der Waals surface area contributed by atoms with E-state index >= 15 is 0 Å². The summed E-state index contributed by atoms with van der Waals surface area (Å²) < 4.78 is 31.2. The number of piperidine rings is 1. The van der Waals surface area contributed by atoms with Crippen LogP contribution in [-0.4, -0.2) is 46.8 Å². The Hall–Kier alpha value is -2.74. The predicted octanol–water partition coefficient (Wildman–Crippen LogP) is 3.87. The van der Waals surface area contributed by atoms with E-state index in [4.69, 9.17) is 4.74 Å². The van der Waals surface area contributed by atoms with Crippen molar-refractivity contribution >= 4 is 33.0 Å². The number of rotatable bonds is 9. The minimum atomic E-state index is -3.63. The van der Waals surface area contributed by atoms with Crippen LogP contribution in [0, 0.1) is 0 Å². The molecule has 1 fully saturated rings. The lowest BCUT2D eigenvalue weighted by molar-refractivity contribution is -0.114. The van der Waals surface area contributed by atoms with Crippen LogP contribution in [0.3, 0.4) is 0 Å². The van der Waals surface area contributed by atoms with E-state index < -0.39 is 15.9 Å². The summed E-state index contributed by atoms with van der Waals surface area (Å²) in [6.45, 7) is 4.41. The molecule has 8 heteroatoms. The number of anilines is 3. The number of ether oxygens (including phenoxy) is 1. The summed E-state index contributed by atoms with van der Waals surface area (Å²) >= 11 is 0. The van der Waals surface area contributed by atoms with Gasteiger partial charge in [0.15, 0.2) is 0 Å². The third-order valence-corrected chi connectivity index (χ3v) is 6.30. The van der Waals surface area contributed by atoms with Gasteiger partial charge in [-0.25, -0.2) is 8.42 Å². The van der Waals surface area contributed by atoms with Crippen molar-refractivity contribution in [3.8, 4) is 5.75 Å². The van der Waals surface area contributed by atoms with Gasteiger partial charge in [-0.05, 0) is 74.2 Å². The molecule has 0 atom stereocenters. The summed E-state index contributed by atoms with van der Waals surface area (Å²) in [5, 5.41) is 2.80. The van der Waals surface area contributed by atoms with Gasteiger partial charge in [0.1, 0.15) is 12.3 Å². The van der Waals surface area contributed by atoms with Crippen LogP contribution >= 0.6 is 0 Å². The minimum Gasteiger partial charge on any atom is -0.494 e. The number of hydrogen-bond acceptors (Lipinski definition) is 5. The predicted molar refractivity (Wildman–Crippen MR) is 126 cm³/mol. The van der Waals surface area contributed by atoms with Gasteiger partial charge in [0.25, 0.3) is 0 Å². The van der Waals surface area contributed by atoms with Crippen LogP contribution in [-0.2, 0) is 14.8 Å². The lowest BCUT2D eigenvalue weighted by Crippen LogP contribution is -2.37. The molecule has 0 saturated carbocycles. The first-order valence-electron chi connectivity index (χ1n) is 10.7. The largest absolute Gasteiger partial charge is 0.494 e. The Kier molecular flexibility index (Phi) is 7.79. The maximum atomic E-state index is 12.6. The fraction of sp³-hybridized carbons (Fsp3) is 0.435. The zero-order chi connectivity index (χ0) is 22.3. The normalized spacial score (nSPS) is 14.2. The molecular formula is C23H31N3O4S. The second-order valence-electron chi connectivity index (χ2n) is 7.75. The van der Waals surface area contributed by atoms with E-state index in [1.807, 2.05) is 31.2 Å². The van der Waals surface area contributed by atoms with Gasteiger partial charge in [0.2, 0.25) is 15.9 Å². The van der Waals surface area contributed by atoms with Gasteiger partial charge in [-0.1, -0.05) is 6.92 Å². The van der Waals surface area contributed by atoms with Gasteiger partial charge in [0.05, 0.1) is 18.6 Å². The number of nitrogens with zero attached hydrogens (tertiary/aromatic N) is 2.